The molecule has 3 aliphatic rings. The van der Waals surface area contributed by atoms with Gasteiger partial charge in [-0.25, -0.2) is 5.43 Å². The molecule has 2 atom stereocenters. The van der Waals surface area contributed by atoms with Crippen molar-refractivity contribution in [2.24, 2.45) is 0 Å². The van der Waals surface area contributed by atoms with Gasteiger partial charge in [-0.3, -0.25) is 0 Å². The van der Waals surface area contributed by atoms with Crippen molar-refractivity contribution in [1.29, 1.82) is 0 Å². The van der Waals surface area contributed by atoms with Gasteiger partial charge in [0.2, 0.25) is 0 Å². The van der Waals surface area contributed by atoms with Crippen LogP contribution in [0.1, 0.15) is 45.0 Å². The van der Waals surface area contributed by atoms with Crippen LogP contribution < -0.4 is 5.43 Å². The maximum Gasteiger partial charge on any atom is 0.0754 e. The second-order valence-corrected chi connectivity index (χ2v) is 18.3. The summed E-state index contributed by atoms with van der Waals surface area (Å²) in [5.74, 6) is 0. The summed E-state index contributed by atoms with van der Waals surface area (Å²) in [5.41, 5.74) is 22.5. The predicted octanol–water partition coefficient (Wildman–Crippen LogP) is 14.6. The van der Waals surface area contributed by atoms with Crippen molar-refractivity contribution in [1.82, 2.24) is 15.0 Å². The fourth-order valence-electron chi connectivity index (χ4n) is 11.4. The maximum atomic E-state index is 3.95. The molecule has 0 radical (unpaired) electrons. The normalized spacial score (nSPS) is 17.2. The van der Waals surface area contributed by atoms with Crippen LogP contribution in [0.2, 0.25) is 0 Å². The number of nitrogens with zero attached hydrogens (tertiary/aromatic N) is 2. The minimum Gasteiger partial charge on any atom is -0.309 e. The number of para-hydroxylation sites is 2. The number of fused-ring (bicyclic) bond motifs is 16. The smallest absolute Gasteiger partial charge is 0.0754 e. The van der Waals surface area contributed by atoms with Gasteiger partial charge in [-0.1, -0.05) is 176 Å². The van der Waals surface area contributed by atoms with Gasteiger partial charge in [0.25, 0.3) is 0 Å². The highest BCUT2D eigenvalue weighted by molar-refractivity contribution is 7.26. The number of rotatable bonds is 5. The number of nitrogens with one attached hydrogen (secondary N) is 1. The fourth-order valence-corrected chi connectivity index (χ4v) is 12.7. The van der Waals surface area contributed by atoms with Crippen LogP contribution >= 0.6 is 11.3 Å². The third-order valence-electron chi connectivity index (χ3n) is 14.0. The van der Waals surface area contributed by atoms with Crippen LogP contribution in [0.15, 0.2) is 212 Å². The summed E-state index contributed by atoms with van der Waals surface area (Å²) in [7, 11) is 0. The molecule has 4 heterocycles. The van der Waals surface area contributed by atoms with E-state index in [1.165, 1.54) is 115 Å². The molecule has 2 unspecified atom stereocenters. The zero-order valence-corrected chi connectivity index (χ0v) is 35.1. The largest absolute Gasteiger partial charge is 0.309 e. The minimum atomic E-state index is -0.550. The summed E-state index contributed by atoms with van der Waals surface area (Å²) in [6.07, 6.45) is 2.40. The van der Waals surface area contributed by atoms with Gasteiger partial charge in [0.1, 0.15) is 0 Å². The van der Waals surface area contributed by atoms with Crippen LogP contribution in [0, 0.1) is 0 Å². The summed E-state index contributed by atoms with van der Waals surface area (Å²) in [5, 5.41) is 7.71. The zero-order valence-electron chi connectivity index (χ0n) is 34.3. The van der Waals surface area contributed by atoms with Gasteiger partial charge in [-0.05, 0) is 97.6 Å². The molecule has 0 saturated carbocycles. The highest BCUT2D eigenvalue weighted by Crippen LogP contribution is 2.62. The van der Waals surface area contributed by atoms with Gasteiger partial charge in [-0.15, -0.1) is 11.3 Å². The van der Waals surface area contributed by atoms with Crippen molar-refractivity contribution < 1.29 is 0 Å². The van der Waals surface area contributed by atoms with Crippen molar-refractivity contribution in [3.63, 3.8) is 0 Å². The first kappa shape index (κ1) is 35.1. The van der Waals surface area contributed by atoms with Crippen LogP contribution in [0.5, 0.6) is 0 Å². The second-order valence-electron chi connectivity index (χ2n) is 17.3. The quantitative estimate of drug-likeness (QED) is 0.187. The Kier molecular flexibility index (Phi) is 7.39. The lowest BCUT2D eigenvalue weighted by Crippen LogP contribution is -2.34. The van der Waals surface area contributed by atoms with Gasteiger partial charge >= 0.3 is 0 Å². The minimum absolute atomic E-state index is 0.0409. The van der Waals surface area contributed by atoms with Gasteiger partial charge in [0.05, 0.1) is 40.4 Å². The van der Waals surface area contributed by atoms with Crippen LogP contribution in [-0.4, -0.2) is 9.58 Å². The third kappa shape index (κ3) is 4.88. The van der Waals surface area contributed by atoms with Crippen molar-refractivity contribution in [2.75, 3.05) is 0 Å². The molecule has 1 spiro atoms. The average molecular weight is 822 g/mol. The Morgan fingerprint density at radius 1 is 0.508 bits per heavy atom. The second kappa shape index (κ2) is 13.3. The lowest BCUT2D eigenvalue weighted by atomic mass is 9.65. The number of hydrogen-bond donors (Lipinski definition) is 1. The Bertz CT molecular complexity index is 3710. The highest BCUT2D eigenvalue weighted by atomic mass is 32.1. The highest BCUT2D eigenvalue weighted by Gasteiger charge is 2.51. The molecule has 63 heavy (non-hydrogen) atoms. The van der Waals surface area contributed by atoms with E-state index in [9.17, 15) is 0 Å². The molecule has 14 rings (SSSR count). The van der Waals surface area contributed by atoms with Gasteiger partial charge in [-0.2, -0.15) is 0 Å². The third-order valence-corrected chi connectivity index (χ3v) is 15.2. The Morgan fingerprint density at radius 3 is 2.10 bits per heavy atom. The number of hydrogen-bond acceptors (Lipinski definition) is 3. The Morgan fingerprint density at radius 2 is 1.21 bits per heavy atom. The maximum absolute atomic E-state index is 3.95. The van der Waals surface area contributed by atoms with E-state index < -0.39 is 5.41 Å². The molecular formula is C59H39N3S. The molecule has 0 bridgehead atoms. The molecule has 296 valence electrons. The molecule has 0 amide bonds. The van der Waals surface area contributed by atoms with Crippen LogP contribution in [0.4, 0.5) is 0 Å². The summed E-state index contributed by atoms with van der Waals surface area (Å²) in [4.78, 5) is 0. The summed E-state index contributed by atoms with van der Waals surface area (Å²) < 4.78 is 5.27. The number of thiophene rings is 1. The van der Waals surface area contributed by atoms with Crippen LogP contribution in [-0.2, 0) is 12.0 Å². The van der Waals surface area contributed by atoms with E-state index in [1.807, 2.05) is 11.3 Å². The first-order valence-corrected chi connectivity index (χ1v) is 22.7. The number of benzene rings is 9. The predicted molar refractivity (Wildman–Crippen MR) is 262 cm³/mol. The van der Waals surface area contributed by atoms with E-state index in [-0.39, 0.29) is 6.04 Å². The average Bonchev–Trinajstić information content (AvgIpc) is 4.11. The summed E-state index contributed by atoms with van der Waals surface area (Å²) in [6, 6.07) is 76.9. The molecule has 2 aliphatic heterocycles. The number of hydrazine groups is 1. The van der Waals surface area contributed by atoms with Crippen molar-refractivity contribution in [2.45, 2.75) is 18.0 Å². The van der Waals surface area contributed by atoms with E-state index in [0.717, 1.165) is 0 Å². The van der Waals surface area contributed by atoms with E-state index in [2.05, 4.69) is 227 Å². The molecule has 11 aromatic rings. The fraction of sp³-hybridized carbons (Fsp3) is 0.0508. The van der Waals surface area contributed by atoms with Crippen LogP contribution in [0.25, 0.3) is 75.6 Å². The molecule has 2 aromatic heterocycles. The first-order valence-electron chi connectivity index (χ1n) is 21.9. The van der Waals surface area contributed by atoms with E-state index in [0.29, 0.717) is 6.54 Å². The molecule has 0 fully saturated rings. The van der Waals surface area contributed by atoms with E-state index >= 15 is 0 Å². The van der Waals surface area contributed by atoms with Gasteiger partial charge in [0.15, 0.2) is 0 Å². The lowest BCUT2D eigenvalue weighted by molar-refractivity contribution is 0.283. The topological polar surface area (TPSA) is 20.2 Å². The SMILES string of the molecule is C1=C(c2cccc(-c3ccccc3)c2)N(Cc2ccc3c(c2)C2(c4ccccc4-3)c3ccccc3-n3c4ccccc4c4c5sc6ccccc6c5cc2c43)NC1c1ccccc1. The standard InChI is InChI=1S/C59H39N3S/c1-3-16-38(17-4-1)40-20-15-21-41(33-40)54-35-51(39-18-5-2-6-19-39)60-61(54)36-37-30-31-43-42-22-7-10-25-47(42)59(49(43)32-37)48-26-11-13-28-53(48)62-52-27-12-8-24-45(52)56-57(62)50(59)34-46-44-23-9-14-29-55(44)63-58(46)56/h1-35,51,60H,36H2. The molecule has 1 aliphatic carbocycles. The molecular weight excluding hydrogens is 783 g/mol. The van der Waals surface area contributed by atoms with Crippen molar-refractivity contribution >= 4 is 59.0 Å². The molecule has 4 heteroatoms. The molecule has 0 saturated heterocycles. The van der Waals surface area contributed by atoms with Crippen molar-refractivity contribution in [3.8, 4) is 27.9 Å². The Hall–Kier alpha value is -7.50. The molecule has 1 N–H and O–H groups in total. The summed E-state index contributed by atoms with van der Waals surface area (Å²) >= 11 is 1.93. The van der Waals surface area contributed by atoms with Crippen molar-refractivity contribution in [3.05, 3.63) is 251 Å². The molecule has 3 nitrogen and oxygen atoms in total. The van der Waals surface area contributed by atoms with E-state index in [4.69, 9.17) is 0 Å². The van der Waals surface area contributed by atoms with Gasteiger partial charge in [0, 0.05) is 30.9 Å². The van der Waals surface area contributed by atoms with Gasteiger partial charge < -0.3 is 9.58 Å². The van der Waals surface area contributed by atoms with E-state index in [1.54, 1.807) is 0 Å². The number of aromatic nitrogens is 1. The monoisotopic (exact) mass is 821 g/mol. The lowest BCUT2D eigenvalue weighted by Gasteiger charge is -2.40. The van der Waals surface area contributed by atoms with Crippen LogP contribution in [0.3, 0.4) is 0 Å². The zero-order chi connectivity index (χ0) is 41.2. The summed E-state index contributed by atoms with van der Waals surface area (Å²) in [6.45, 7) is 0.690. The molecule has 9 aromatic carbocycles. The Balaban J connectivity index is 1.00. The first-order chi connectivity index (χ1) is 31.2. The Labute approximate surface area is 369 Å².